The van der Waals surface area contributed by atoms with Crippen molar-refractivity contribution in [2.45, 2.75) is 39.8 Å². The standard InChI is InChI=1S/C28H30Cl2N2O3/c1-4-31-28(34)25(16-21-10-6-5-7-11-21)32(17-22-13-14-23(29)24(30)15-22)27(33)18-35-26-12-8-9-19(2)20(26)3/h5-15,25H,4,16-18H2,1-3H3,(H,31,34)/t25-/m0/s1. The summed E-state index contributed by atoms with van der Waals surface area (Å²) < 4.78 is 5.91. The van der Waals surface area contributed by atoms with Crippen LogP contribution < -0.4 is 10.1 Å². The molecule has 1 atom stereocenters. The summed E-state index contributed by atoms with van der Waals surface area (Å²) in [5.74, 6) is 0.117. The second-order valence-electron chi connectivity index (χ2n) is 8.36. The summed E-state index contributed by atoms with van der Waals surface area (Å²) >= 11 is 12.3. The number of carbonyl (C=O) groups is 2. The van der Waals surface area contributed by atoms with Crippen LogP contribution in [0.4, 0.5) is 0 Å². The number of carbonyl (C=O) groups excluding carboxylic acids is 2. The average Bonchev–Trinajstić information content (AvgIpc) is 2.85. The van der Waals surface area contributed by atoms with Crippen LogP contribution in [0.2, 0.25) is 10.0 Å². The van der Waals surface area contributed by atoms with Gasteiger partial charge in [0.1, 0.15) is 11.8 Å². The van der Waals surface area contributed by atoms with Crippen molar-refractivity contribution >= 4 is 35.0 Å². The van der Waals surface area contributed by atoms with E-state index in [1.54, 1.807) is 23.1 Å². The fourth-order valence-corrected chi connectivity index (χ4v) is 4.10. The molecular weight excluding hydrogens is 483 g/mol. The van der Waals surface area contributed by atoms with Crippen molar-refractivity contribution in [2.24, 2.45) is 0 Å². The lowest BCUT2D eigenvalue weighted by Crippen LogP contribution is -2.51. The third-order valence-electron chi connectivity index (χ3n) is 5.87. The first-order valence-corrected chi connectivity index (χ1v) is 12.3. The summed E-state index contributed by atoms with van der Waals surface area (Å²) in [5.41, 5.74) is 3.76. The molecule has 1 N–H and O–H groups in total. The number of nitrogens with one attached hydrogen (secondary N) is 1. The van der Waals surface area contributed by atoms with Crippen molar-refractivity contribution < 1.29 is 14.3 Å². The molecule has 0 aliphatic rings. The number of hydrogen-bond acceptors (Lipinski definition) is 3. The van der Waals surface area contributed by atoms with E-state index in [2.05, 4.69) is 5.32 Å². The van der Waals surface area contributed by atoms with Gasteiger partial charge in [-0.2, -0.15) is 0 Å². The van der Waals surface area contributed by atoms with E-state index in [0.29, 0.717) is 28.8 Å². The van der Waals surface area contributed by atoms with E-state index in [-0.39, 0.29) is 25.0 Å². The van der Waals surface area contributed by atoms with Gasteiger partial charge < -0.3 is 15.0 Å². The lowest BCUT2D eigenvalue weighted by Gasteiger charge is -2.31. The molecule has 0 fully saturated rings. The molecule has 0 unspecified atom stereocenters. The Morgan fingerprint density at radius 3 is 2.37 bits per heavy atom. The van der Waals surface area contributed by atoms with E-state index in [9.17, 15) is 9.59 Å². The summed E-state index contributed by atoms with van der Waals surface area (Å²) in [6.07, 6.45) is 0.364. The zero-order valence-electron chi connectivity index (χ0n) is 20.2. The highest BCUT2D eigenvalue weighted by Crippen LogP contribution is 2.25. The Morgan fingerprint density at radius 1 is 0.943 bits per heavy atom. The molecular formula is C28H30Cl2N2O3. The molecule has 3 aromatic carbocycles. The van der Waals surface area contributed by atoms with Crippen LogP contribution in [0.25, 0.3) is 0 Å². The van der Waals surface area contributed by atoms with Crippen LogP contribution in [0.3, 0.4) is 0 Å². The number of rotatable bonds is 10. The van der Waals surface area contributed by atoms with Crippen molar-refractivity contribution in [3.8, 4) is 5.75 Å². The lowest BCUT2D eigenvalue weighted by molar-refractivity contribution is -0.142. The van der Waals surface area contributed by atoms with Gasteiger partial charge in [-0.1, -0.05) is 71.7 Å². The summed E-state index contributed by atoms with van der Waals surface area (Å²) in [6, 6.07) is 19.8. The Bertz CT molecular complexity index is 1170. The molecule has 0 saturated carbocycles. The van der Waals surface area contributed by atoms with E-state index in [0.717, 1.165) is 22.3 Å². The highest BCUT2D eigenvalue weighted by atomic mass is 35.5. The Labute approximate surface area is 217 Å². The van der Waals surface area contributed by atoms with Gasteiger partial charge in [0.15, 0.2) is 6.61 Å². The van der Waals surface area contributed by atoms with Crippen LogP contribution >= 0.6 is 23.2 Å². The Balaban J connectivity index is 1.93. The van der Waals surface area contributed by atoms with E-state index in [1.165, 1.54) is 0 Å². The third-order valence-corrected chi connectivity index (χ3v) is 6.60. The fourth-order valence-electron chi connectivity index (χ4n) is 3.78. The second kappa shape index (κ2) is 12.6. The van der Waals surface area contributed by atoms with Crippen LogP contribution in [0.5, 0.6) is 5.75 Å². The minimum absolute atomic E-state index is 0.181. The Morgan fingerprint density at radius 2 is 1.69 bits per heavy atom. The zero-order chi connectivity index (χ0) is 25.4. The SMILES string of the molecule is CCNC(=O)[C@H](Cc1ccccc1)N(Cc1ccc(Cl)c(Cl)c1)C(=O)COc1cccc(C)c1C. The predicted octanol–water partition coefficient (Wildman–Crippen LogP) is 5.77. The molecule has 0 aliphatic carbocycles. The van der Waals surface area contributed by atoms with Crippen molar-refractivity contribution in [3.05, 3.63) is 99.0 Å². The number of halogens is 2. The predicted molar refractivity (Wildman–Crippen MR) is 141 cm³/mol. The summed E-state index contributed by atoms with van der Waals surface area (Å²) in [5, 5.41) is 3.69. The number of ether oxygens (including phenoxy) is 1. The molecule has 3 rings (SSSR count). The lowest BCUT2D eigenvalue weighted by atomic mass is 10.0. The largest absolute Gasteiger partial charge is 0.483 e. The Hall–Kier alpha value is -3.02. The molecule has 184 valence electrons. The number of aryl methyl sites for hydroxylation is 1. The van der Waals surface area contributed by atoms with Crippen molar-refractivity contribution in [1.29, 1.82) is 0 Å². The molecule has 3 aromatic rings. The minimum atomic E-state index is -0.735. The third kappa shape index (κ3) is 7.23. The molecule has 0 radical (unpaired) electrons. The van der Waals surface area contributed by atoms with Crippen molar-refractivity contribution in [2.75, 3.05) is 13.2 Å². The molecule has 2 amide bonds. The van der Waals surface area contributed by atoms with Gasteiger partial charge in [-0.15, -0.1) is 0 Å². The topological polar surface area (TPSA) is 58.6 Å². The van der Waals surface area contributed by atoms with E-state index in [1.807, 2.05) is 69.3 Å². The van der Waals surface area contributed by atoms with E-state index >= 15 is 0 Å². The maximum atomic E-state index is 13.6. The summed E-state index contributed by atoms with van der Waals surface area (Å²) in [6.45, 7) is 6.24. The summed E-state index contributed by atoms with van der Waals surface area (Å²) in [7, 11) is 0. The number of nitrogens with zero attached hydrogens (tertiary/aromatic N) is 1. The van der Waals surface area contributed by atoms with Crippen LogP contribution in [-0.2, 0) is 22.6 Å². The number of benzene rings is 3. The molecule has 0 bridgehead atoms. The highest BCUT2D eigenvalue weighted by molar-refractivity contribution is 6.42. The smallest absolute Gasteiger partial charge is 0.261 e. The van der Waals surface area contributed by atoms with Crippen LogP contribution in [0.15, 0.2) is 66.7 Å². The number of likely N-dealkylation sites (N-methyl/N-ethyl adjacent to an activating group) is 1. The first kappa shape index (κ1) is 26.6. The Kier molecular flexibility index (Phi) is 9.58. The van der Waals surface area contributed by atoms with Crippen molar-refractivity contribution in [3.63, 3.8) is 0 Å². The zero-order valence-corrected chi connectivity index (χ0v) is 21.7. The maximum Gasteiger partial charge on any atom is 0.261 e. The van der Waals surface area contributed by atoms with Gasteiger partial charge in [0.25, 0.3) is 5.91 Å². The first-order valence-electron chi connectivity index (χ1n) is 11.5. The normalized spacial score (nSPS) is 11.6. The maximum absolute atomic E-state index is 13.6. The quantitative estimate of drug-likeness (QED) is 0.375. The number of hydrogen-bond donors (Lipinski definition) is 1. The molecule has 0 aliphatic heterocycles. The highest BCUT2D eigenvalue weighted by Gasteiger charge is 2.30. The van der Waals surface area contributed by atoms with Crippen molar-refractivity contribution in [1.82, 2.24) is 10.2 Å². The molecule has 35 heavy (non-hydrogen) atoms. The first-order chi connectivity index (χ1) is 16.8. The minimum Gasteiger partial charge on any atom is -0.483 e. The van der Waals surface area contributed by atoms with E-state index in [4.69, 9.17) is 27.9 Å². The molecule has 5 nitrogen and oxygen atoms in total. The molecule has 0 saturated heterocycles. The molecule has 7 heteroatoms. The second-order valence-corrected chi connectivity index (χ2v) is 9.17. The van der Waals surface area contributed by atoms with Gasteiger partial charge in [0.2, 0.25) is 5.91 Å². The van der Waals surface area contributed by atoms with Gasteiger partial charge >= 0.3 is 0 Å². The van der Waals surface area contributed by atoms with Crippen LogP contribution in [0.1, 0.15) is 29.2 Å². The number of amides is 2. The molecule has 0 heterocycles. The van der Waals surface area contributed by atoms with Crippen LogP contribution in [0, 0.1) is 13.8 Å². The van der Waals surface area contributed by atoms with Gasteiger partial charge in [-0.3, -0.25) is 9.59 Å². The van der Waals surface area contributed by atoms with Gasteiger partial charge in [-0.05, 0) is 61.2 Å². The van der Waals surface area contributed by atoms with Gasteiger partial charge in [-0.25, -0.2) is 0 Å². The van der Waals surface area contributed by atoms with E-state index < -0.39 is 6.04 Å². The molecule has 0 aromatic heterocycles. The average molecular weight is 513 g/mol. The fraction of sp³-hybridized carbons (Fsp3) is 0.286. The summed E-state index contributed by atoms with van der Waals surface area (Å²) in [4.78, 5) is 28.3. The van der Waals surface area contributed by atoms with Gasteiger partial charge in [0, 0.05) is 19.5 Å². The van der Waals surface area contributed by atoms with Gasteiger partial charge in [0.05, 0.1) is 10.0 Å². The molecule has 0 spiro atoms. The van der Waals surface area contributed by atoms with Crippen LogP contribution in [-0.4, -0.2) is 35.9 Å². The monoisotopic (exact) mass is 512 g/mol.